The van der Waals surface area contributed by atoms with Gasteiger partial charge in [-0.25, -0.2) is 0 Å². The van der Waals surface area contributed by atoms with Gasteiger partial charge >= 0.3 is 0 Å². The van der Waals surface area contributed by atoms with Gasteiger partial charge in [0.25, 0.3) is 5.69 Å². The molecule has 0 bridgehead atoms. The van der Waals surface area contributed by atoms with Gasteiger partial charge in [-0.05, 0) is 25.8 Å². The molecule has 1 aromatic rings. The third-order valence-electron chi connectivity index (χ3n) is 2.77. The maximum absolute atomic E-state index is 10.8. The Morgan fingerprint density at radius 1 is 1.28 bits per heavy atom. The van der Waals surface area contributed by atoms with Crippen molar-refractivity contribution in [1.82, 2.24) is 5.32 Å². The molecule has 0 spiro atoms. The summed E-state index contributed by atoms with van der Waals surface area (Å²) in [6.45, 7) is 5.13. The highest BCUT2D eigenvalue weighted by Gasteiger charge is 2.10. The summed E-state index contributed by atoms with van der Waals surface area (Å²) in [6.07, 6.45) is 6.41. The van der Waals surface area contributed by atoms with Gasteiger partial charge in [0, 0.05) is 18.2 Å². The van der Waals surface area contributed by atoms with Crippen LogP contribution in [0.2, 0.25) is 0 Å². The van der Waals surface area contributed by atoms with Gasteiger partial charge in [-0.2, -0.15) is 0 Å². The smallest absolute Gasteiger partial charge is 0.273 e. The molecule has 0 heterocycles. The monoisotopic (exact) mass is 248 g/mol. The van der Waals surface area contributed by atoms with Crippen LogP contribution in [0, 0.1) is 10.1 Å². The highest BCUT2D eigenvalue weighted by molar-refractivity contribution is 5.39. The molecule has 0 aliphatic rings. The molecule has 0 saturated heterocycles. The normalized spacial score (nSPS) is 10.2. The van der Waals surface area contributed by atoms with E-state index in [1.165, 1.54) is 0 Å². The maximum Gasteiger partial charge on any atom is 0.273 e. The highest BCUT2D eigenvalue weighted by atomic mass is 16.6. The van der Waals surface area contributed by atoms with Gasteiger partial charge in [-0.15, -0.1) is 6.58 Å². The van der Waals surface area contributed by atoms with Crippen LogP contribution in [0.4, 0.5) is 5.69 Å². The molecule has 4 heteroatoms. The van der Waals surface area contributed by atoms with Gasteiger partial charge in [0.2, 0.25) is 0 Å². The first-order valence-electron chi connectivity index (χ1n) is 6.29. The molecule has 1 rings (SSSR count). The summed E-state index contributed by atoms with van der Waals surface area (Å²) in [4.78, 5) is 10.5. The average Bonchev–Trinajstić information content (AvgIpc) is 2.38. The first kappa shape index (κ1) is 14.4. The predicted molar refractivity (Wildman–Crippen MR) is 73.5 cm³/mol. The fourth-order valence-electron chi connectivity index (χ4n) is 1.78. The van der Waals surface area contributed by atoms with Crippen molar-refractivity contribution >= 4 is 5.69 Å². The van der Waals surface area contributed by atoms with E-state index in [1.807, 2.05) is 12.1 Å². The van der Waals surface area contributed by atoms with Crippen molar-refractivity contribution in [3.05, 3.63) is 52.6 Å². The predicted octanol–water partition coefficient (Wildman–Crippen LogP) is 3.43. The third-order valence-corrected chi connectivity index (χ3v) is 2.77. The van der Waals surface area contributed by atoms with Gasteiger partial charge in [0.15, 0.2) is 0 Å². The molecule has 0 aliphatic carbocycles. The van der Waals surface area contributed by atoms with Gasteiger partial charge in [0.05, 0.1) is 4.92 Å². The molecule has 0 saturated carbocycles. The number of nitro groups is 1. The number of nitro benzene ring substituents is 1. The number of hydrogen-bond donors (Lipinski definition) is 1. The number of nitrogens with zero attached hydrogens (tertiary/aromatic N) is 1. The van der Waals surface area contributed by atoms with Crippen LogP contribution in [0.15, 0.2) is 36.9 Å². The Morgan fingerprint density at radius 2 is 2.06 bits per heavy atom. The summed E-state index contributed by atoms with van der Waals surface area (Å²) in [5.41, 5.74) is 0.935. The minimum Gasteiger partial charge on any atom is -0.312 e. The lowest BCUT2D eigenvalue weighted by Gasteiger charge is -2.05. The van der Waals surface area contributed by atoms with Crippen molar-refractivity contribution in [3.8, 4) is 0 Å². The van der Waals surface area contributed by atoms with E-state index >= 15 is 0 Å². The summed E-state index contributed by atoms with van der Waals surface area (Å²) in [7, 11) is 0. The standard InChI is InChI=1S/C14H20N2O2/c1-2-3-4-5-8-11-15-12-13-9-6-7-10-14(13)16(17)18/h2,6-7,9-10,15H,1,3-5,8,11-12H2. The molecule has 0 aliphatic heterocycles. The van der Waals surface area contributed by atoms with E-state index in [-0.39, 0.29) is 10.6 Å². The maximum atomic E-state index is 10.8. The Morgan fingerprint density at radius 3 is 2.78 bits per heavy atom. The van der Waals surface area contributed by atoms with Crippen molar-refractivity contribution in [2.75, 3.05) is 6.54 Å². The van der Waals surface area contributed by atoms with Crippen LogP contribution in [-0.2, 0) is 6.54 Å². The Balaban J connectivity index is 2.27. The molecule has 0 amide bonds. The average molecular weight is 248 g/mol. The van der Waals surface area contributed by atoms with Crippen LogP contribution in [0.1, 0.15) is 31.2 Å². The van der Waals surface area contributed by atoms with Gasteiger partial charge < -0.3 is 5.32 Å². The second kappa shape index (κ2) is 8.42. The van der Waals surface area contributed by atoms with Gasteiger partial charge in [-0.1, -0.05) is 30.7 Å². The zero-order valence-electron chi connectivity index (χ0n) is 10.6. The minimum atomic E-state index is -0.332. The van der Waals surface area contributed by atoms with E-state index < -0.39 is 0 Å². The fraction of sp³-hybridized carbons (Fsp3) is 0.429. The van der Waals surface area contributed by atoms with E-state index in [9.17, 15) is 10.1 Å². The number of para-hydroxylation sites is 1. The molecule has 0 atom stereocenters. The zero-order chi connectivity index (χ0) is 13.2. The van der Waals surface area contributed by atoms with Gasteiger partial charge in [-0.3, -0.25) is 10.1 Å². The Hall–Kier alpha value is -1.68. The largest absolute Gasteiger partial charge is 0.312 e. The lowest BCUT2D eigenvalue weighted by Crippen LogP contribution is -2.15. The first-order chi connectivity index (χ1) is 8.75. The zero-order valence-corrected chi connectivity index (χ0v) is 10.6. The minimum absolute atomic E-state index is 0.191. The number of nitrogens with one attached hydrogen (secondary N) is 1. The Labute approximate surface area is 108 Å². The summed E-state index contributed by atoms with van der Waals surface area (Å²) < 4.78 is 0. The van der Waals surface area contributed by atoms with Crippen LogP contribution in [0.5, 0.6) is 0 Å². The van der Waals surface area contributed by atoms with Crippen molar-refractivity contribution < 1.29 is 4.92 Å². The lowest BCUT2D eigenvalue weighted by atomic mass is 10.1. The van der Waals surface area contributed by atoms with Crippen molar-refractivity contribution in [2.24, 2.45) is 0 Å². The topological polar surface area (TPSA) is 55.2 Å². The van der Waals surface area contributed by atoms with Crippen molar-refractivity contribution in [3.63, 3.8) is 0 Å². The number of benzene rings is 1. The summed E-state index contributed by atoms with van der Waals surface area (Å²) in [5.74, 6) is 0. The van der Waals surface area contributed by atoms with Crippen LogP contribution >= 0.6 is 0 Å². The molecular weight excluding hydrogens is 228 g/mol. The fourth-order valence-corrected chi connectivity index (χ4v) is 1.78. The van der Waals surface area contributed by atoms with Crippen LogP contribution < -0.4 is 5.32 Å². The second-order valence-corrected chi connectivity index (χ2v) is 4.20. The number of unbranched alkanes of at least 4 members (excludes halogenated alkanes) is 3. The van der Waals surface area contributed by atoms with Crippen LogP contribution in [0.3, 0.4) is 0 Å². The van der Waals surface area contributed by atoms with Gasteiger partial charge in [0.1, 0.15) is 0 Å². The van der Waals surface area contributed by atoms with Crippen molar-refractivity contribution in [1.29, 1.82) is 0 Å². The first-order valence-corrected chi connectivity index (χ1v) is 6.29. The van der Waals surface area contributed by atoms with Crippen LogP contribution in [-0.4, -0.2) is 11.5 Å². The second-order valence-electron chi connectivity index (χ2n) is 4.20. The van der Waals surface area contributed by atoms with E-state index in [4.69, 9.17) is 0 Å². The van der Waals surface area contributed by atoms with E-state index in [0.29, 0.717) is 6.54 Å². The Bertz CT molecular complexity index is 391. The molecule has 0 radical (unpaired) electrons. The van der Waals surface area contributed by atoms with E-state index in [0.717, 1.165) is 37.8 Å². The molecule has 98 valence electrons. The molecule has 1 aromatic carbocycles. The molecular formula is C14H20N2O2. The molecule has 0 fully saturated rings. The molecule has 0 unspecified atom stereocenters. The molecule has 1 N–H and O–H groups in total. The molecule has 0 aromatic heterocycles. The van der Waals surface area contributed by atoms with Crippen LogP contribution in [0.25, 0.3) is 0 Å². The summed E-state index contributed by atoms with van der Waals surface area (Å²) in [5, 5.41) is 14.0. The molecule has 18 heavy (non-hydrogen) atoms. The summed E-state index contributed by atoms with van der Waals surface area (Å²) in [6, 6.07) is 6.86. The number of allylic oxidation sites excluding steroid dienone is 1. The lowest BCUT2D eigenvalue weighted by molar-refractivity contribution is -0.385. The third kappa shape index (κ3) is 5.10. The SMILES string of the molecule is C=CCCCCCNCc1ccccc1[N+](=O)[O-]. The molecule has 4 nitrogen and oxygen atoms in total. The quantitative estimate of drug-likeness (QED) is 0.315. The van der Waals surface area contributed by atoms with Crippen molar-refractivity contribution in [2.45, 2.75) is 32.2 Å². The number of rotatable bonds is 9. The summed E-state index contributed by atoms with van der Waals surface area (Å²) >= 11 is 0. The van der Waals surface area contributed by atoms with E-state index in [2.05, 4.69) is 11.9 Å². The van der Waals surface area contributed by atoms with E-state index in [1.54, 1.807) is 18.2 Å². The highest BCUT2D eigenvalue weighted by Crippen LogP contribution is 2.16. The number of hydrogen-bond acceptors (Lipinski definition) is 3. The Kier molecular flexibility index (Phi) is 6.72.